The summed E-state index contributed by atoms with van der Waals surface area (Å²) in [6.07, 6.45) is 17.6. The topological polar surface area (TPSA) is 0 Å². The van der Waals surface area contributed by atoms with Gasteiger partial charge in [-0.05, 0) is 62.2 Å². The van der Waals surface area contributed by atoms with E-state index in [-0.39, 0.29) is 0 Å². The molecule has 19 heavy (non-hydrogen) atoms. The van der Waals surface area contributed by atoms with Crippen molar-refractivity contribution in [2.75, 3.05) is 0 Å². The molecule has 0 amide bonds. The normalized spacial score (nSPS) is 36.7. The Kier molecular flexibility index (Phi) is 6.40. The van der Waals surface area contributed by atoms with E-state index in [9.17, 15) is 4.39 Å². The maximum absolute atomic E-state index is 11.9. The van der Waals surface area contributed by atoms with Gasteiger partial charge in [0.25, 0.3) is 0 Å². The zero-order chi connectivity index (χ0) is 13.5. The van der Waals surface area contributed by atoms with Crippen molar-refractivity contribution in [1.82, 2.24) is 0 Å². The zero-order valence-electron chi connectivity index (χ0n) is 12.6. The van der Waals surface area contributed by atoms with Crippen molar-refractivity contribution in [3.8, 4) is 0 Å². The van der Waals surface area contributed by atoms with Crippen LogP contribution in [0.4, 0.5) is 4.39 Å². The summed E-state index contributed by atoms with van der Waals surface area (Å²) in [6.45, 7) is 2.35. The molecular weight excluding hydrogens is 235 g/mol. The Bertz CT molecular complexity index is 255. The maximum Gasteiger partial charge on any atom is 0.0827 e. The summed E-state index contributed by atoms with van der Waals surface area (Å²) in [6, 6.07) is 0. The minimum Gasteiger partial charge on any atom is -0.216 e. The Morgan fingerprint density at radius 3 is 1.84 bits per heavy atom. The maximum atomic E-state index is 11.9. The van der Waals surface area contributed by atoms with Crippen molar-refractivity contribution in [2.24, 2.45) is 23.7 Å². The molecule has 0 N–H and O–H groups in total. The standard InChI is InChI=1S/C18H31F/c1-2-15-6-10-17(11-7-15)18-12-8-16(9-13-18)5-3-4-14-19/h4,14-18H,2-3,5-13H2,1H3/b14-4+/t15-,16-,17-,18-. The molecule has 0 heterocycles. The van der Waals surface area contributed by atoms with Crippen LogP contribution in [0.15, 0.2) is 12.4 Å². The Labute approximate surface area is 118 Å². The number of allylic oxidation sites excluding steroid dienone is 1. The zero-order valence-corrected chi connectivity index (χ0v) is 12.6. The van der Waals surface area contributed by atoms with E-state index in [4.69, 9.17) is 0 Å². The molecule has 1 heteroatoms. The van der Waals surface area contributed by atoms with Gasteiger partial charge in [-0.15, -0.1) is 0 Å². The molecule has 2 aliphatic carbocycles. The predicted molar refractivity (Wildman–Crippen MR) is 80.7 cm³/mol. The second kappa shape index (κ2) is 8.07. The lowest BCUT2D eigenvalue weighted by atomic mass is 9.68. The van der Waals surface area contributed by atoms with E-state index < -0.39 is 0 Å². The van der Waals surface area contributed by atoms with Crippen LogP contribution < -0.4 is 0 Å². The molecule has 0 aromatic heterocycles. The van der Waals surface area contributed by atoms with Gasteiger partial charge in [-0.2, -0.15) is 0 Å². The van der Waals surface area contributed by atoms with E-state index in [1.807, 2.05) is 0 Å². The molecule has 0 saturated heterocycles. The van der Waals surface area contributed by atoms with Gasteiger partial charge < -0.3 is 0 Å². The molecule has 2 saturated carbocycles. The van der Waals surface area contributed by atoms with Crippen LogP contribution in [0, 0.1) is 23.7 Å². The summed E-state index contributed by atoms with van der Waals surface area (Å²) in [7, 11) is 0. The van der Waals surface area contributed by atoms with Crippen molar-refractivity contribution >= 4 is 0 Å². The highest BCUT2D eigenvalue weighted by Crippen LogP contribution is 2.42. The van der Waals surface area contributed by atoms with Crippen LogP contribution in [0.1, 0.15) is 77.6 Å². The molecular formula is C18H31F. The highest BCUT2D eigenvalue weighted by molar-refractivity contribution is 4.83. The highest BCUT2D eigenvalue weighted by atomic mass is 19.1. The summed E-state index contributed by atoms with van der Waals surface area (Å²) >= 11 is 0. The lowest BCUT2D eigenvalue weighted by Crippen LogP contribution is -2.25. The molecule has 0 unspecified atom stereocenters. The van der Waals surface area contributed by atoms with Crippen LogP contribution in [-0.2, 0) is 0 Å². The first-order chi connectivity index (χ1) is 9.33. The minimum absolute atomic E-state index is 0.706. The molecule has 2 aliphatic rings. The van der Waals surface area contributed by atoms with Crippen LogP contribution in [0.25, 0.3) is 0 Å². The SMILES string of the molecule is CC[C@H]1CC[C@H]([C@H]2CC[C@H](CC/C=C/F)CC2)CC1. The van der Waals surface area contributed by atoms with Crippen molar-refractivity contribution < 1.29 is 4.39 Å². The van der Waals surface area contributed by atoms with Gasteiger partial charge in [-0.3, -0.25) is 0 Å². The molecule has 0 radical (unpaired) electrons. The van der Waals surface area contributed by atoms with Gasteiger partial charge in [0.2, 0.25) is 0 Å². The first-order valence-corrected chi connectivity index (χ1v) is 8.58. The molecule has 0 spiro atoms. The number of hydrogen-bond acceptors (Lipinski definition) is 0. The number of halogens is 1. The average Bonchev–Trinajstić information content (AvgIpc) is 2.48. The second-order valence-electron chi connectivity index (χ2n) is 6.91. The van der Waals surface area contributed by atoms with Gasteiger partial charge in [-0.1, -0.05) is 45.1 Å². The van der Waals surface area contributed by atoms with Crippen LogP contribution in [0.3, 0.4) is 0 Å². The molecule has 0 nitrogen and oxygen atoms in total. The Morgan fingerprint density at radius 2 is 1.37 bits per heavy atom. The molecule has 2 fully saturated rings. The van der Waals surface area contributed by atoms with E-state index in [2.05, 4.69) is 6.92 Å². The fourth-order valence-corrected chi connectivity index (χ4v) is 4.41. The largest absolute Gasteiger partial charge is 0.216 e. The lowest BCUT2D eigenvalue weighted by molar-refractivity contribution is 0.143. The van der Waals surface area contributed by atoms with Crippen molar-refractivity contribution in [3.05, 3.63) is 12.4 Å². The summed E-state index contributed by atoms with van der Waals surface area (Å²) in [4.78, 5) is 0. The fraction of sp³-hybridized carbons (Fsp3) is 0.889. The van der Waals surface area contributed by atoms with Crippen LogP contribution in [0.5, 0.6) is 0 Å². The Morgan fingerprint density at radius 1 is 0.842 bits per heavy atom. The smallest absolute Gasteiger partial charge is 0.0827 e. The van der Waals surface area contributed by atoms with Gasteiger partial charge in [0, 0.05) is 0 Å². The molecule has 0 bridgehead atoms. The van der Waals surface area contributed by atoms with Gasteiger partial charge in [0.15, 0.2) is 0 Å². The Balaban J connectivity index is 1.66. The second-order valence-corrected chi connectivity index (χ2v) is 6.91. The molecule has 110 valence electrons. The quantitative estimate of drug-likeness (QED) is 0.550. The van der Waals surface area contributed by atoms with Gasteiger partial charge in [0.05, 0.1) is 6.33 Å². The lowest BCUT2D eigenvalue weighted by Gasteiger charge is -2.37. The molecule has 0 aromatic rings. The van der Waals surface area contributed by atoms with Crippen LogP contribution in [0.2, 0.25) is 0 Å². The highest BCUT2D eigenvalue weighted by Gasteiger charge is 2.30. The first-order valence-electron chi connectivity index (χ1n) is 8.58. The third-order valence-electron chi connectivity index (χ3n) is 5.86. The van der Waals surface area contributed by atoms with Crippen molar-refractivity contribution in [2.45, 2.75) is 77.6 Å². The van der Waals surface area contributed by atoms with E-state index in [1.165, 1.54) is 64.2 Å². The summed E-state index contributed by atoms with van der Waals surface area (Å²) in [5, 5.41) is 0. The average molecular weight is 266 g/mol. The predicted octanol–water partition coefficient (Wildman–Crippen LogP) is 6.27. The molecule has 0 aromatic carbocycles. The molecule has 2 rings (SSSR count). The fourth-order valence-electron chi connectivity index (χ4n) is 4.41. The van der Waals surface area contributed by atoms with Crippen LogP contribution >= 0.6 is 0 Å². The van der Waals surface area contributed by atoms with E-state index in [0.717, 1.165) is 30.1 Å². The van der Waals surface area contributed by atoms with Crippen molar-refractivity contribution in [3.63, 3.8) is 0 Å². The summed E-state index contributed by atoms with van der Waals surface area (Å²) in [5.74, 6) is 3.96. The monoisotopic (exact) mass is 266 g/mol. The molecule has 0 aliphatic heterocycles. The van der Waals surface area contributed by atoms with E-state index >= 15 is 0 Å². The summed E-state index contributed by atoms with van der Waals surface area (Å²) in [5.41, 5.74) is 0. The number of rotatable bonds is 5. The van der Waals surface area contributed by atoms with Crippen LogP contribution in [-0.4, -0.2) is 0 Å². The minimum atomic E-state index is 0.706. The van der Waals surface area contributed by atoms with Gasteiger partial charge in [0.1, 0.15) is 0 Å². The summed E-state index contributed by atoms with van der Waals surface area (Å²) < 4.78 is 11.9. The third-order valence-corrected chi connectivity index (χ3v) is 5.86. The van der Waals surface area contributed by atoms with Crippen molar-refractivity contribution in [1.29, 1.82) is 0 Å². The molecule has 0 atom stereocenters. The first kappa shape index (κ1) is 15.1. The third kappa shape index (κ3) is 4.61. The van der Waals surface area contributed by atoms with E-state index in [1.54, 1.807) is 6.08 Å². The van der Waals surface area contributed by atoms with Gasteiger partial charge >= 0.3 is 0 Å². The number of hydrogen-bond donors (Lipinski definition) is 0. The Hall–Kier alpha value is -0.330. The van der Waals surface area contributed by atoms with Gasteiger partial charge in [-0.25, -0.2) is 4.39 Å². The van der Waals surface area contributed by atoms with E-state index in [0.29, 0.717) is 6.33 Å².